The first-order valence-electron chi connectivity index (χ1n) is 6.07. The number of halogens is 5. The number of nitrogens with zero attached hydrogens (tertiary/aromatic N) is 1. The lowest BCUT2D eigenvalue weighted by Crippen LogP contribution is -2.25. The molecule has 0 aliphatic carbocycles. The number of anilines is 1. The van der Waals surface area contributed by atoms with Crippen LogP contribution in [0.4, 0.5) is 22.7 Å². The summed E-state index contributed by atoms with van der Waals surface area (Å²) in [7, 11) is -4.74. The van der Waals surface area contributed by atoms with Crippen LogP contribution in [0.1, 0.15) is 12.0 Å². The maximum atomic E-state index is 12.8. The lowest BCUT2D eigenvalue weighted by atomic mass is 10.1. The maximum absolute atomic E-state index is 12.8. The highest BCUT2D eigenvalue weighted by molar-refractivity contribution is 9.10. The second-order valence-electron chi connectivity index (χ2n) is 4.94. The summed E-state index contributed by atoms with van der Waals surface area (Å²) >= 11 is 2.79. The quantitative estimate of drug-likeness (QED) is 0.575. The summed E-state index contributed by atoms with van der Waals surface area (Å²) in [6, 6.07) is 3.27. The summed E-state index contributed by atoms with van der Waals surface area (Å²) in [6.07, 6.45) is -4.82. The smallest absolute Gasteiger partial charge is 0.312 e. The Bertz CT molecular complexity index is 705. The Morgan fingerprint density at radius 1 is 1.32 bits per heavy atom. The van der Waals surface area contributed by atoms with Crippen LogP contribution in [0.2, 0.25) is 0 Å². The number of carbonyl (C=O) groups is 1. The molecule has 10 heteroatoms. The molecule has 0 bridgehead atoms. The highest BCUT2D eigenvalue weighted by atomic mass is 79.9. The predicted molar refractivity (Wildman–Crippen MR) is 74.5 cm³/mol. The van der Waals surface area contributed by atoms with Gasteiger partial charge in [0.1, 0.15) is 0 Å². The van der Waals surface area contributed by atoms with Crippen LogP contribution in [-0.2, 0) is 21.2 Å². The molecule has 1 aliphatic heterocycles. The Balaban J connectivity index is 2.28. The molecule has 0 saturated carbocycles. The molecule has 0 N–H and O–H groups in total. The van der Waals surface area contributed by atoms with E-state index in [9.17, 15) is 30.3 Å². The van der Waals surface area contributed by atoms with Gasteiger partial charge in [0.2, 0.25) is 5.91 Å². The minimum atomic E-state index is -4.74. The normalized spacial score (nSPS) is 19.8. The Hall–Kier alpha value is -1.16. The van der Waals surface area contributed by atoms with E-state index < -0.39 is 39.5 Å². The molecule has 1 saturated heterocycles. The van der Waals surface area contributed by atoms with Gasteiger partial charge in [-0.3, -0.25) is 4.79 Å². The number of benzene rings is 1. The third kappa shape index (κ3) is 3.97. The maximum Gasteiger partial charge on any atom is 0.417 e. The summed E-state index contributed by atoms with van der Waals surface area (Å²) in [6.45, 7) is -0.138. The number of rotatable bonds is 3. The molecule has 1 aliphatic rings. The van der Waals surface area contributed by atoms with Crippen LogP contribution in [0.15, 0.2) is 22.7 Å². The Labute approximate surface area is 132 Å². The molecule has 2 rings (SSSR count). The molecule has 1 heterocycles. The highest BCUT2D eigenvalue weighted by Gasteiger charge is 2.37. The van der Waals surface area contributed by atoms with Crippen molar-refractivity contribution in [3.05, 3.63) is 28.2 Å². The van der Waals surface area contributed by atoms with Crippen LogP contribution in [0.3, 0.4) is 0 Å². The summed E-state index contributed by atoms with van der Waals surface area (Å²) in [4.78, 5) is 12.9. The average molecular weight is 404 g/mol. The van der Waals surface area contributed by atoms with Gasteiger partial charge in [0.05, 0.1) is 11.3 Å². The number of alkyl halides is 3. The molecule has 1 aromatic carbocycles. The largest absolute Gasteiger partial charge is 0.417 e. The van der Waals surface area contributed by atoms with Crippen molar-refractivity contribution in [1.29, 1.82) is 0 Å². The molecule has 1 unspecified atom stereocenters. The van der Waals surface area contributed by atoms with Crippen LogP contribution in [0, 0.1) is 5.92 Å². The van der Waals surface area contributed by atoms with E-state index in [1.807, 2.05) is 0 Å². The SMILES string of the molecule is O=C1CC(CS(=O)(=O)F)CN1c1ccc(Br)c(C(F)(F)F)c1. The molecular formula is C12H10BrF4NO3S. The Kier molecular flexibility index (Phi) is 4.54. The molecule has 0 spiro atoms. The van der Waals surface area contributed by atoms with Crippen molar-refractivity contribution in [1.82, 2.24) is 0 Å². The van der Waals surface area contributed by atoms with Gasteiger partial charge in [0.25, 0.3) is 0 Å². The van der Waals surface area contributed by atoms with Crippen LogP contribution in [0.5, 0.6) is 0 Å². The van der Waals surface area contributed by atoms with E-state index >= 15 is 0 Å². The van der Waals surface area contributed by atoms with E-state index in [-0.39, 0.29) is 23.1 Å². The lowest BCUT2D eigenvalue weighted by molar-refractivity contribution is -0.138. The zero-order valence-electron chi connectivity index (χ0n) is 10.9. The van der Waals surface area contributed by atoms with E-state index in [1.54, 1.807) is 0 Å². The summed E-state index contributed by atoms with van der Waals surface area (Å²) in [5, 5.41) is 0. The summed E-state index contributed by atoms with van der Waals surface area (Å²) in [5.74, 6) is -2.14. The van der Waals surface area contributed by atoms with Gasteiger partial charge in [-0.15, -0.1) is 3.89 Å². The fourth-order valence-corrected chi connectivity index (χ4v) is 3.58. The van der Waals surface area contributed by atoms with Crippen LogP contribution in [-0.4, -0.2) is 26.6 Å². The van der Waals surface area contributed by atoms with E-state index in [4.69, 9.17) is 0 Å². The Morgan fingerprint density at radius 3 is 2.50 bits per heavy atom. The monoisotopic (exact) mass is 403 g/mol. The van der Waals surface area contributed by atoms with Crippen LogP contribution < -0.4 is 4.90 Å². The standard InChI is InChI=1S/C12H10BrF4NO3S/c13-10-2-1-8(4-9(10)12(14,15)16)18-5-7(3-11(18)19)6-22(17,20)21/h1-2,4,7H,3,5-6H2. The van der Waals surface area contributed by atoms with Gasteiger partial charge in [0, 0.05) is 29.0 Å². The molecule has 1 atom stereocenters. The van der Waals surface area contributed by atoms with Crippen molar-refractivity contribution in [2.45, 2.75) is 12.6 Å². The molecule has 1 fully saturated rings. The van der Waals surface area contributed by atoms with Crippen molar-refractivity contribution in [3.63, 3.8) is 0 Å². The first-order chi connectivity index (χ1) is 9.97. The zero-order valence-corrected chi connectivity index (χ0v) is 13.3. The molecular weight excluding hydrogens is 394 g/mol. The minimum absolute atomic E-state index is 0.000666. The van der Waals surface area contributed by atoms with E-state index in [1.165, 1.54) is 6.07 Å². The third-order valence-corrected chi connectivity index (χ3v) is 4.77. The van der Waals surface area contributed by atoms with Crippen molar-refractivity contribution in [2.24, 2.45) is 5.92 Å². The number of amides is 1. The van der Waals surface area contributed by atoms with Gasteiger partial charge >= 0.3 is 16.4 Å². The third-order valence-electron chi connectivity index (χ3n) is 3.21. The van der Waals surface area contributed by atoms with Gasteiger partial charge in [-0.1, -0.05) is 15.9 Å². The van der Waals surface area contributed by atoms with Crippen LogP contribution >= 0.6 is 15.9 Å². The zero-order chi connectivity index (χ0) is 16.7. The van der Waals surface area contributed by atoms with Gasteiger partial charge in [-0.2, -0.15) is 21.6 Å². The fourth-order valence-electron chi connectivity index (χ4n) is 2.32. The second kappa shape index (κ2) is 5.80. The molecule has 122 valence electrons. The summed E-state index contributed by atoms with van der Waals surface area (Å²) in [5.41, 5.74) is -0.946. The van der Waals surface area contributed by atoms with Crippen molar-refractivity contribution in [2.75, 3.05) is 17.2 Å². The van der Waals surface area contributed by atoms with E-state index in [0.29, 0.717) is 0 Å². The van der Waals surface area contributed by atoms with Crippen LogP contribution in [0.25, 0.3) is 0 Å². The van der Waals surface area contributed by atoms with E-state index in [2.05, 4.69) is 15.9 Å². The minimum Gasteiger partial charge on any atom is -0.312 e. The average Bonchev–Trinajstić information content (AvgIpc) is 2.66. The Morgan fingerprint density at radius 2 is 1.95 bits per heavy atom. The first-order valence-corrected chi connectivity index (χ1v) is 8.41. The van der Waals surface area contributed by atoms with Gasteiger partial charge in [-0.05, 0) is 18.2 Å². The van der Waals surface area contributed by atoms with Gasteiger partial charge < -0.3 is 4.90 Å². The van der Waals surface area contributed by atoms with Gasteiger partial charge in [0.15, 0.2) is 0 Å². The van der Waals surface area contributed by atoms with Crippen molar-refractivity contribution < 1.29 is 30.3 Å². The summed E-state index contributed by atoms with van der Waals surface area (Å²) < 4.78 is 72.3. The molecule has 0 aromatic heterocycles. The molecule has 1 aromatic rings. The number of hydrogen-bond acceptors (Lipinski definition) is 3. The van der Waals surface area contributed by atoms with Gasteiger partial charge in [-0.25, -0.2) is 0 Å². The molecule has 0 radical (unpaired) electrons. The van der Waals surface area contributed by atoms with E-state index in [0.717, 1.165) is 17.0 Å². The highest BCUT2D eigenvalue weighted by Crippen LogP contribution is 2.38. The number of hydrogen-bond donors (Lipinski definition) is 0. The topological polar surface area (TPSA) is 54.5 Å². The lowest BCUT2D eigenvalue weighted by Gasteiger charge is -2.19. The van der Waals surface area contributed by atoms with Crippen molar-refractivity contribution in [3.8, 4) is 0 Å². The number of carbonyl (C=O) groups excluding carboxylic acids is 1. The first kappa shape index (κ1) is 17.2. The molecule has 1 amide bonds. The second-order valence-corrected chi connectivity index (χ2v) is 7.21. The van der Waals surface area contributed by atoms with Crippen molar-refractivity contribution >= 4 is 37.7 Å². The predicted octanol–water partition coefficient (Wildman–Crippen LogP) is 3.12. The molecule has 22 heavy (non-hydrogen) atoms. The molecule has 4 nitrogen and oxygen atoms in total. The fraction of sp³-hybridized carbons (Fsp3) is 0.417.